The van der Waals surface area contributed by atoms with Gasteiger partial charge in [0.1, 0.15) is 5.00 Å². The van der Waals surface area contributed by atoms with Crippen molar-refractivity contribution in [1.82, 2.24) is 5.32 Å². The van der Waals surface area contributed by atoms with Gasteiger partial charge < -0.3 is 16.4 Å². The Bertz CT molecular complexity index is 543. The van der Waals surface area contributed by atoms with Crippen molar-refractivity contribution in [2.45, 2.75) is 50.6 Å². The number of carbonyl (C=O) groups is 2. The fourth-order valence-corrected chi connectivity index (χ4v) is 4.30. The Balaban J connectivity index is 1.63. The number of hydrogen-bond donors (Lipinski definition) is 3. The molecule has 2 aliphatic rings. The molecule has 4 N–H and O–H groups in total. The van der Waals surface area contributed by atoms with Crippen molar-refractivity contribution in [2.75, 3.05) is 5.32 Å². The van der Waals surface area contributed by atoms with E-state index in [9.17, 15) is 9.59 Å². The van der Waals surface area contributed by atoms with Crippen LogP contribution < -0.4 is 16.4 Å². The van der Waals surface area contributed by atoms with Crippen molar-refractivity contribution in [2.24, 2.45) is 11.7 Å². The summed E-state index contributed by atoms with van der Waals surface area (Å²) in [6, 6.07) is 1.96. The molecule has 1 aliphatic carbocycles. The maximum atomic E-state index is 12.4. The molecule has 5 nitrogen and oxygen atoms in total. The summed E-state index contributed by atoms with van der Waals surface area (Å²) in [6.45, 7) is 0. The predicted octanol–water partition coefficient (Wildman–Crippen LogP) is 2.10. The minimum atomic E-state index is -0.504. The number of fused-ring (bicyclic) bond motifs is 1. The van der Waals surface area contributed by atoms with Crippen molar-refractivity contribution in [1.29, 1.82) is 0 Å². The van der Waals surface area contributed by atoms with E-state index in [1.54, 1.807) is 11.4 Å². The van der Waals surface area contributed by atoms with Crippen LogP contribution in [0.3, 0.4) is 0 Å². The molecule has 1 aromatic rings. The van der Waals surface area contributed by atoms with Crippen LogP contribution in [0, 0.1) is 5.92 Å². The molecule has 6 heteroatoms. The molecule has 114 valence electrons. The zero-order chi connectivity index (χ0) is 14.8. The zero-order valence-corrected chi connectivity index (χ0v) is 12.7. The first-order chi connectivity index (χ1) is 10.1. The van der Waals surface area contributed by atoms with E-state index in [0.29, 0.717) is 16.6 Å². The topological polar surface area (TPSA) is 84.2 Å². The average Bonchev–Trinajstić information content (AvgIpc) is 2.95. The summed E-state index contributed by atoms with van der Waals surface area (Å²) in [7, 11) is 0. The molecule has 0 aromatic carbocycles. The molecule has 0 radical (unpaired) electrons. The standard InChI is InChI=1S/C15H21N3O2S/c16-13(19)10-7-8-21-15(10)18-14(20)12-6-5-9-3-1-2-4-11(9)17-12/h7-9,11-12,17H,1-6H2,(H2,16,19)(H,18,20). The number of anilines is 1. The third kappa shape index (κ3) is 3.11. The number of thiophene rings is 1. The van der Waals surface area contributed by atoms with Crippen molar-refractivity contribution in [3.05, 3.63) is 17.0 Å². The fraction of sp³-hybridized carbons (Fsp3) is 0.600. The molecule has 2 heterocycles. The third-order valence-electron chi connectivity index (χ3n) is 4.63. The van der Waals surface area contributed by atoms with Gasteiger partial charge in [-0.1, -0.05) is 12.8 Å². The largest absolute Gasteiger partial charge is 0.366 e. The average molecular weight is 307 g/mol. The van der Waals surface area contributed by atoms with Crippen molar-refractivity contribution in [3.63, 3.8) is 0 Å². The monoisotopic (exact) mass is 307 g/mol. The summed E-state index contributed by atoms with van der Waals surface area (Å²) >= 11 is 1.33. The van der Waals surface area contributed by atoms with Gasteiger partial charge in [-0.3, -0.25) is 9.59 Å². The van der Waals surface area contributed by atoms with Gasteiger partial charge >= 0.3 is 0 Å². The Hall–Kier alpha value is -1.40. The molecule has 2 fully saturated rings. The summed E-state index contributed by atoms with van der Waals surface area (Å²) in [5.74, 6) is 0.171. The van der Waals surface area contributed by atoms with E-state index >= 15 is 0 Å². The number of piperidine rings is 1. The highest BCUT2D eigenvalue weighted by atomic mass is 32.1. The lowest BCUT2D eigenvalue weighted by molar-refractivity contribution is -0.119. The van der Waals surface area contributed by atoms with Gasteiger partial charge in [0.15, 0.2) is 0 Å². The second-order valence-electron chi connectivity index (χ2n) is 5.96. The van der Waals surface area contributed by atoms with E-state index in [2.05, 4.69) is 10.6 Å². The van der Waals surface area contributed by atoms with Crippen LogP contribution in [0.1, 0.15) is 48.9 Å². The Morgan fingerprint density at radius 2 is 2.05 bits per heavy atom. The SMILES string of the molecule is NC(=O)c1ccsc1NC(=O)C1CCC2CCCCC2N1. The Labute approximate surface area is 128 Å². The minimum Gasteiger partial charge on any atom is -0.366 e. The van der Waals surface area contributed by atoms with E-state index in [0.717, 1.165) is 18.8 Å². The Morgan fingerprint density at radius 3 is 2.86 bits per heavy atom. The van der Waals surface area contributed by atoms with Gasteiger partial charge in [0.2, 0.25) is 5.91 Å². The van der Waals surface area contributed by atoms with Crippen molar-refractivity contribution < 1.29 is 9.59 Å². The smallest absolute Gasteiger partial charge is 0.251 e. The molecule has 21 heavy (non-hydrogen) atoms. The number of carbonyl (C=O) groups excluding carboxylic acids is 2. The molecule has 1 aromatic heterocycles. The molecule has 0 bridgehead atoms. The third-order valence-corrected chi connectivity index (χ3v) is 5.46. The van der Waals surface area contributed by atoms with E-state index in [1.165, 1.54) is 37.0 Å². The van der Waals surface area contributed by atoms with Crippen LogP contribution >= 0.6 is 11.3 Å². The van der Waals surface area contributed by atoms with Gasteiger partial charge in [-0.2, -0.15) is 0 Å². The quantitative estimate of drug-likeness (QED) is 0.799. The zero-order valence-electron chi connectivity index (χ0n) is 11.9. The molecule has 1 saturated carbocycles. The highest BCUT2D eigenvalue weighted by Crippen LogP contribution is 2.32. The fourth-order valence-electron chi connectivity index (χ4n) is 3.50. The van der Waals surface area contributed by atoms with E-state index in [4.69, 9.17) is 5.73 Å². The highest BCUT2D eigenvalue weighted by molar-refractivity contribution is 7.14. The second-order valence-corrected chi connectivity index (χ2v) is 6.88. The maximum Gasteiger partial charge on any atom is 0.251 e. The number of nitrogens with one attached hydrogen (secondary N) is 2. The molecule has 0 spiro atoms. The van der Waals surface area contributed by atoms with Crippen molar-refractivity contribution in [3.8, 4) is 0 Å². The first-order valence-electron chi connectivity index (χ1n) is 7.59. The van der Waals surface area contributed by atoms with Crippen LogP contribution in [-0.4, -0.2) is 23.9 Å². The predicted molar refractivity (Wildman–Crippen MR) is 83.4 cm³/mol. The maximum absolute atomic E-state index is 12.4. The van der Waals surface area contributed by atoms with Crippen LogP contribution in [-0.2, 0) is 4.79 Å². The molecule has 3 unspecified atom stereocenters. The summed E-state index contributed by atoms with van der Waals surface area (Å²) in [6.07, 6.45) is 6.99. The van der Waals surface area contributed by atoms with E-state index in [1.807, 2.05) is 0 Å². The van der Waals surface area contributed by atoms with Gasteiger partial charge in [0, 0.05) is 6.04 Å². The van der Waals surface area contributed by atoms with E-state index < -0.39 is 5.91 Å². The molecule has 2 amide bonds. The minimum absolute atomic E-state index is 0.0519. The molecule has 1 saturated heterocycles. The van der Waals surface area contributed by atoms with Crippen LogP contribution in [0.25, 0.3) is 0 Å². The molecular formula is C15H21N3O2S. The molecule has 3 rings (SSSR count). The van der Waals surface area contributed by atoms with Gasteiger partial charge in [0.05, 0.1) is 11.6 Å². The van der Waals surface area contributed by atoms with Crippen LogP contribution in [0.15, 0.2) is 11.4 Å². The Kier molecular flexibility index (Phi) is 4.26. The van der Waals surface area contributed by atoms with Crippen molar-refractivity contribution >= 4 is 28.2 Å². The second kappa shape index (κ2) is 6.15. The summed E-state index contributed by atoms with van der Waals surface area (Å²) in [5, 5.41) is 8.67. The summed E-state index contributed by atoms with van der Waals surface area (Å²) < 4.78 is 0. The van der Waals surface area contributed by atoms with Crippen LogP contribution in [0.4, 0.5) is 5.00 Å². The lowest BCUT2D eigenvalue weighted by Gasteiger charge is -2.39. The molecule has 3 atom stereocenters. The number of primary amides is 1. The number of rotatable bonds is 3. The molecule has 1 aliphatic heterocycles. The molecular weight excluding hydrogens is 286 g/mol. The van der Waals surface area contributed by atoms with Gasteiger partial charge in [-0.15, -0.1) is 11.3 Å². The lowest BCUT2D eigenvalue weighted by atomic mass is 9.77. The van der Waals surface area contributed by atoms with Crippen LogP contribution in [0.2, 0.25) is 0 Å². The lowest BCUT2D eigenvalue weighted by Crippen LogP contribution is -2.53. The highest BCUT2D eigenvalue weighted by Gasteiger charge is 2.34. The number of nitrogens with two attached hydrogens (primary N) is 1. The van der Waals surface area contributed by atoms with Crippen LogP contribution in [0.5, 0.6) is 0 Å². The first-order valence-corrected chi connectivity index (χ1v) is 8.47. The summed E-state index contributed by atoms with van der Waals surface area (Å²) in [5.41, 5.74) is 5.69. The Morgan fingerprint density at radius 1 is 1.24 bits per heavy atom. The van der Waals surface area contributed by atoms with E-state index in [-0.39, 0.29) is 11.9 Å². The number of amides is 2. The number of hydrogen-bond acceptors (Lipinski definition) is 4. The first kappa shape index (κ1) is 14.5. The van der Waals surface area contributed by atoms with Gasteiger partial charge in [-0.25, -0.2) is 0 Å². The normalized spacial score (nSPS) is 28.7. The van der Waals surface area contributed by atoms with Gasteiger partial charge in [-0.05, 0) is 43.0 Å². The van der Waals surface area contributed by atoms with Gasteiger partial charge in [0.25, 0.3) is 5.91 Å². The summed E-state index contributed by atoms with van der Waals surface area (Å²) in [4.78, 5) is 23.7.